The number of rotatable bonds is 3. The van der Waals surface area contributed by atoms with Gasteiger partial charge in [-0.3, -0.25) is 4.79 Å². The molecule has 94 valence electrons. The fourth-order valence-corrected chi connectivity index (χ4v) is 2.42. The lowest BCUT2D eigenvalue weighted by Gasteiger charge is -1.97. The molecule has 0 aliphatic carbocycles. The van der Waals surface area contributed by atoms with Crippen molar-refractivity contribution in [1.82, 2.24) is 10.4 Å². The van der Waals surface area contributed by atoms with Gasteiger partial charge in [-0.05, 0) is 17.5 Å². The SMILES string of the molecule is O=C(N/N=C/c1cccs1)c1c[nH]c2ccccc12. The van der Waals surface area contributed by atoms with Crippen LogP contribution in [-0.4, -0.2) is 17.1 Å². The minimum Gasteiger partial charge on any atom is -0.360 e. The lowest BCUT2D eigenvalue weighted by molar-refractivity contribution is 0.0957. The number of aromatic amines is 1. The molecule has 19 heavy (non-hydrogen) atoms. The highest BCUT2D eigenvalue weighted by atomic mass is 32.1. The fraction of sp³-hybridized carbons (Fsp3) is 0. The van der Waals surface area contributed by atoms with E-state index in [0.717, 1.165) is 15.8 Å². The third kappa shape index (κ3) is 2.41. The number of nitrogens with one attached hydrogen (secondary N) is 2. The summed E-state index contributed by atoms with van der Waals surface area (Å²) in [6.07, 6.45) is 3.33. The van der Waals surface area contributed by atoms with E-state index in [-0.39, 0.29) is 5.91 Å². The van der Waals surface area contributed by atoms with E-state index in [4.69, 9.17) is 0 Å². The first-order valence-corrected chi connectivity index (χ1v) is 6.65. The molecule has 0 unspecified atom stereocenters. The van der Waals surface area contributed by atoms with Gasteiger partial charge in [0.15, 0.2) is 0 Å². The molecule has 2 aromatic heterocycles. The summed E-state index contributed by atoms with van der Waals surface area (Å²) >= 11 is 1.57. The molecule has 5 heteroatoms. The number of fused-ring (bicyclic) bond motifs is 1. The van der Waals surface area contributed by atoms with Crippen LogP contribution in [0.15, 0.2) is 53.1 Å². The number of amides is 1. The van der Waals surface area contributed by atoms with Gasteiger partial charge in [-0.25, -0.2) is 5.43 Å². The van der Waals surface area contributed by atoms with Crippen molar-refractivity contribution in [3.8, 4) is 0 Å². The average Bonchev–Trinajstić information content (AvgIpc) is 3.07. The van der Waals surface area contributed by atoms with Gasteiger partial charge in [-0.1, -0.05) is 24.3 Å². The number of H-pyrrole nitrogens is 1. The fourth-order valence-electron chi connectivity index (χ4n) is 1.84. The average molecular weight is 269 g/mol. The standard InChI is InChI=1S/C14H11N3OS/c18-14(17-16-8-10-4-3-7-19-10)12-9-15-13-6-2-1-5-11(12)13/h1-9,15H,(H,17,18)/b16-8+. The highest BCUT2D eigenvalue weighted by Crippen LogP contribution is 2.17. The van der Waals surface area contributed by atoms with Crippen molar-refractivity contribution in [3.05, 3.63) is 58.4 Å². The Morgan fingerprint density at radius 3 is 3.00 bits per heavy atom. The topological polar surface area (TPSA) is 57.2 Å². The maximum absolute atomic E-state index is 12.0. The summed E-state index contributed by atoms with van der Waals surface area (Å²) in [5.74, 6) is -0.217. The second kappa shape index (κ2) is 5.07. The molecule has 0 saturated heterocycles. The van der Waals surface area contributed by atoms with E-state index < -0.39 is 0 Å². The van der Waals surface area contributed by atoms with Crippen LogP contribution < -0.4 is 5.43 Å². The number of aromatic nitrogens is 1. The summed E-state index contributed by atoms with van der Waals surface area (Å²) in [7, 11) is 0. The van der Waals surface area contributed by atoms with E-state index in [0.29, 0.717) is 5.56 Å². The lowest BCUT2D eigenvalue weighted by atomic mass is 10.2. The maximum atomic E-state index is 12.0. The summed E-state index contributed by atoms with van der Waals surface area (Å²) in [5.41, 5.74) is 4.07. The molecule has 0 bridgehead atoms. The van der Waals surface area contributed by atoms with Crippen LogP contribution in [0.5, 0.6) is 0 Å². The molecule has 0 aliphatic heterocycles. The molecule has 0 spiro atoms. The Labute approximate surface area is 113 Å². The minimum absolute atomic E-state index is 0.217. The van der Waals surface area contributed by atoms with Gasteiger partial charge in [0.1, 0.15) is 0 Å². The van der Waals surface area contributed by atoms with Crippen LogP contribution in [0.3, 0.4) is 0 Å². The number of nitrogens with zero attached hydrogens (tertiary/aromatic N) is 1. The molecule has 0 atom stereocenters. The molecule has 2 N–H and O–H groups in total. The molecule has 0 radical (unpaired) electrons. The summed E-state index contributed by atoms with van der Waals surface area (Å²) in [6, 6.07) is 11.5. The molecule has 3 aromatic rings. The predicted octanol–water partition coefficient (Wildman–Crippen LogP) is 2.99. The highest BCUT2D eigenvalue weighted by Gasteiger charge is 2.10. The molecule has 2 heterocycles. The van der Waals surface area contributed by atoms with Crippen LogP contribution in [0.1, 0.15) is 15.2 Å². The van der Waals surface area contributed by atoms with Gasteiger partial charge in [0, 0.05) is 22.0 Å². The Morgan fingerprint density at radius 1 is 1.26 bits per heavy atom. The van der Waals surface area contributed by atoms with Gasteiger partial charge in [-0.2, -0.15) is 5.10 Å². The smallest absolute Gasteiger partial charge is 0.273 e. The summed E-state index contributed by atoms with van der Waals surface area (Å²) in [4.78, 5) is 16.1. The first kappa shape index (κ1) is 11.7. The minimum atomic E-state index is -0.217. The zero-order valence-corrected chi connectivity index (χ0v) is 10.8. The van der Waals surface area contributed by atoms with Gasteiger partial charge < -0.3 is 4.98 Å². The number of carbonyl (C=O) groups is 1. The molecule has 0 saturated carbocycles. The maximum Gasteiger partial charge on any atom is 0.273 e. The van der Waals surface area contributed by atoms with E-state index in [1.807, 2.05) is 41.8 Å². The van der Waals surface area contributed by atoms with Gasteiger partial charge in [0.2, 0.25) is 0 Å². The van der Waals surface area contributed by atoms with E-state index in [1.165, 1.54) is 0 Å². The van der Waals surface area contributed by atoms with Crippen molar-refractivity contribution in [1.29, 1.82) is 0 Å². The summed E-state index contributed by atoms with van der Waals surface area (Å²) < 4.78 is 0. The Morgan fingerprint density at radius 2 is 2.16 bits per heavy atom. The van der Waals surface area contributed by atoms with Crippen LogP contribution in [0.4, 0.5) is 0 Å². The number of hydrogen-bond acceptors (Lipinski definition) is 3. The van der Waals surface area contributed by atoms with E-state index in [9.17, 15) is 4.79 Å². The van der Waals surface area contributed by atoms with Crippen LogP contribution in [0.2, 0.25) is 0 Å². The number of para-hydroxylation sites is 1. The monoisotopic (exact) mass is 269 g/mol. The first-order valence-electron chi connectivity index (χ1n) is 5.77. The number of carbonyl (C=O) groups excluding carboxylic acids is 1. The summed E-state index contributed by atoms with van der Waals surface area (Å²) in [5, 5.41) is 6.80. The molecular formula is C14H11N3OS. The van der Waals surface area contributed by atoms with Crippen LogP contribution >= 0.6 is 11.3 Å². The molecule has 0 aliphatic rings. The lowest BCUT2D eigenvalue weighted by Crippen LogP contribution is -2.17. The normalized spacial score (nSPS) is 11.2. The highest BCUT2D eigenvalue weighted by molar-refractivity contribution is 7.11. The van der Waals surface area contributed by atoms with Crippen LogP contribution in [-0.2, 0) is 0 Å². The Balaban J connectivity index is 1.77. The molecule has 1 amide bonds. The molecule has 3 rings (SSSR count). The van der Waals surface area contributed by atoms with Gasteiger partial charge in [0.05, 0.1) is 11.8 Å². The zero-order chi connectivity index (χ0) is 13.1. The predicted molar refractivity (Wildman–Crippen MR) is 77.7 cm³/mol. The Hall–Kier alpha value is -2.40. The van der Waals surface area contributed by atoms with Crippen molar-refractivity contribution in [2.24, 2.45) is 5.10 Å². The molecular weight excluding hydrogens is 258 g/mol. The second-order valence-corrected chi connectivity index (χ2v) is 4.94. The first-order chi connectivity index (χ1) is 9.34. The molecule has 4 nitrogen and oxygen atoms in total. The van der Waals surface area contributed by atoms with E-state index >= 15 is 0 Å². The van der Waals surface area contributed by atoms with Crippen molar-refractivity contribution >= 4 is 34.4 Å². The Bertz CT molecular complexity index is 728. The van der Waals surface area contributed by atoms with Crippen molar-refractivity contribution in [3.63, 3.8) is 0 Å². The quantitative estimate of drug-likeness (QED) is 0.557. The van der Waals surface area contributed by atoms with Gasteiger partial charge >= 0.3 is 0 Å². The van der Waals surface area contributed by atoms with Crippen molar-refractivity contribution in [2.45, 2.75) is 0 Å². The van der Waals surface area contributed by atoms with Gasteiger partial charge in [0.25, 0.3) is 5.91 Å². The van der Waals surface area contributed by atoms with Crippen molar-refractivity contribution < 1.29 is 4.79 Å². The molecule has 0 fully saturated rings. The second-order valence-electron chi connectivity index (χ2n) is 3.96. The van der Waals surface area contributed by atoms with Crippen LogP contribution in [0.25, 0.3) is 10.9 Å². The third-order valence-electron chi connectivity index (χ3n) is 2.73. The Kier molecular flexibility index (Phi) is 3.12. The van der Waals surface area contributed by atoms with E-state index in [1.54, 1.807) is 23.7 Å². The number of thiophene rings is 1. The number of benzene rings is 1. The van der Waals surface area contributed by atoms with Gasteiger partial charge in [-0.15, -0.1) is 11.3 Å². The van der Waals surface area contributed by atoms with Crippen LogP contribution in [0, 0.1) is 0 Å². The van der Waals surface area contributed by atoms with E-state index in [2.05, 4.69) is 15.5 Å². The third-order valence-corrected chi connectivity index (χ3v) is 3.54. The molecule has 1 aromatic carbocycles. The number of hydrogen-bond donors (Lipinski definition) is 2. The number of hydrazone groups is 1. The summed E-state index contributed by atoms with van der Waals surface area (Å²) in [6.45, 7) is 0. The largest absolute Gasteiger partial charge is 0.360 e. The van der Waals surface area contributed by atoms with Crippen molar-refractivity contribution in [2.75, 3.05) is 0 Å². The zero-order valence-electron chi connectivity index (χ0n) is 9.96.